The molecule has 0 radical (unpaired) electrons. The zero-order valence-electron chi connectivity index (χ0n) is 13.7. The van der Waals surface area contributed by atoms with E-state index in [1.54, 1.807) is 36.5 Å². The van der Waals surface area contributed by atoms with E-state index in [1.165, 1.54) is 30.5 Å². The number of carbonyl (C=O) groups excluding carboxylic acids is 1. The molecule has 1 heterocycles. The van der Waals surface area contributed by atoms with Crippen molar-refractivity contribution < 1.29 is 13.2 Å². The average molecular weight is 422 g/mol. The summed E-state index contributed by atoms with van der Waals surface area (Å²) in [7, 11) is -3.96. The summed E-state index contributed by atoms with van der Waals surface area (Å²) < 4.78 is 27.5. The number of halogens is 2. The number of benzene rings is 2. The molecule has 0 atom stereocenters. The first-order valence-electron chi connectivity index (χ1n) is 7.65. The number of aromatic nitrogens is 1. The smallest absolute Gasteiger partial charge is 0.264 e. The van der Waals surface area contributed by atoms with Crippen LogP contribution >= 0.6 is 23.2 Å². The van der Waals surface area contributed by atoms with Crippen LogP contribution in [0.4, 0.5) is 11.4 Å². The highest BCUT2D eigenvalue weighted by Crippen LogP contribution is 2.30. The number of nitrogens with one attached hydrogen (secondary N) is 2. The number of pyridine rings is 1. The fourth-order valence-electron chi connectivity index (χ4n) is 2.27. The normalized spacial score (nSPS) is 11.0. The van der Waals surface area contributed by atoms with Crippen molar-refractivity contribution in [3.63, 3.8) is 0 Å². The molecule has 2 N–H and O–H groups in total. The molecule has 0 aliphatic carbocycles. The van der Waals surface area contributed by atoms with Gasteiger partial charge in [0.05, 0.1) is 15.6 Å². The Labute approximate surface area is 166 Å². The number of anilines is 2. The lowest BCUT2D eigenvalue weighted by molar-refractivity contribution is 0.102. The third kappa shape index (κ3) is 4.57. The summed E-state index contributed by atoms with van der Waals surface area (Å²) in [5.41, 5.74) is 1.21. The van der Waals surface area contributed by atoms with Crippen molar-refractivity contribution in [2.24, 2.45) is 0 Å². The van der Waals surface area contributed by atoms with Crippen molar-refractivity contribution in [3.05, 3.63) is 82.6 Å². The third-order valence-corrected chi connectivity index (χ3v) is 5.84. The molecule has 0 aliphatic heterocycles. The van der Waals surface area contributed by atoms with Crippen molar-refractivity contribution in [2.75, 3.05) is 10.0 Å². The predicted octanol–water partition coefficient (Wildman–Crippen LogP) is 4.44. The highest BCUT2D eigenvalue weighted by atomic mass is 35.5. The van der Waals surface area contributed by atoms with Crippen molar-refractivity contribution in [1.82, 2.24) is 4.98 Å². The van der Waals surface area contributed by atoms with Crippen molar-refractivity contribution in [3.8, 4) is 0 Å². The van der Waals surface area contributed by atoms with Gasteiger partial charge in [0.25, 0.3) is 15.9 Å². The summed E-state index contributed by atoms with van der Waals surface area (Å²) in [5.74, 6) is -0.320. The quantitative estimate of drug-likeness (QED) is 0.636. The van der Waals surface area contributed by atoms with Gasteiger partial charge in [-0.25, -0.2) is 8.42 Å². The van der Waals surface area contributed by atoms with E-state index in [-0.39, 0.29) is 20.8 Å². The Hall–Kier alpha value is -2.61. The van der Waals surface area contributed by atoms with E-state index in [9.17, 15) is 13.2 Å². The van der Waals surface area contributed by atoms with Crippen LogP contribution in [-0.4, -0.2) is 19.3 Å². The van der Waals surface area contributed by atoms with E-state index >= 15 is 0 Å². The minimum atomic E-state index is -3.96. The second kappa shape index (κ2) is 7.96. The van der Waals surface area contributed by atoms with Gasteiger partial charge in [0.1, 0.15) is 4.90 Å². The van der Waals surface area contributed by atoms with E-state index in [4.69, 9.17) is 23.2 Å². The first-order valence-corrected chi connectivity index (χ1v) is 9.89. The molecule has 6 nitrogen and oxygen atoms in total. The molecule has 138 valence electrons. The van der Waals surface area contributed by atoms with Gasteiger partial charge in [-0.05, 0) is 48.5 Å². The van der Waals surface area contributed by atoms with Crippen LogP contribution < -0.4 is 10.0 Å². The Morgan fingerprint density at radius 1 is 0.889 bits per heavy atom. The molecular formula is C18H13Cl2N3O3S. The van der Waals surface area contributed by atoms with E-state index in [0.717, 1.165) is 0 Å². The number of sulfonamides is 1. The average Bonchev–Trinajstić information content (AvgIpc) is 2.63. The topological polar surface area (TPSA) is 88.2 Å². The number of hydrogen-bond donors (Lipinski definition) is 2. The molecule has 27 heavy (non-hydrogen) atoms. The molecule has 3 aromatic rings. The number of amides is 1. The second-order valence-corrected chi connectivity index (χ2v) is 7.86. The zero-order chi connectivity index (χ0) is 19.4. The summed E-state index contributed by atoms with van der Waals surface area (Å²) in [6.45, 7) is 0. The lowest BCUT2D eigenvalue weighted by Crippen LogP contribution is -2.14. The van der Waals surface area contributed by atoms with Crippen LogP contribution in [0.5, 0.6) is 0 Å². The Morgan fingerprint density at radius 2 is 1.52 bits per heavy atom. The molecule has 9 heteroatoms. The lowest BCUT2D eigenvalue weighted by Gasteiger charge is -2.11. The van der Waals surface area contributed by atoms with E-state index in [1.807, 2.05) is 0 Å². The van der Waals surface area contributed by atoms with Crippen LogP contribution in [0.3, 0.4) is 0 Å². The van der Waals surface area contributed by atoms with Gasteiger partial charge in [0.2, 0.25) is 0 Å². The molecule has 0 unspecified atom stereocenters. The van der Waals surface area contributed by atoms with E-state index in [2.05, 4.69) is 15.0 Å². The maximum atomic E-state index is 12.5. The van der Waals surface area contributed by atoms with Gasteiger partial charge in [-0.1, -0.05) is 29.3 Å². The van der Waals surface area contributed by atoms with Crippen LogP contribution in [0.25, 0.3) is 0 Å². The molecular weight excluding hydrogens is 409 g/mol. The molecule has 3 rings (SSSR count). The molecule has 2 aromatic carbocycles. The molecule has 0 fully saturated rings. The van der Waals surface area contributed by atoms with Crippen LogP contribution in [0.15, 0.2) is 71.9 Å². The molecule has 0 aliphatic rings. The maximum Gasteiger partial charge on any atom is 0.264 e. The molecule has 0 spiro atoms. The Balaban J connectivity index is 1.75. The maximum absolute atomic E-state index is 12.5. The predicted molar refractivity (Wildman–Crippen MR) is 106 cm³/mol. The van der Waals surface area contributed by atoms with Gasteiger partial charge >= 0.3 is 0 Å². The Bertz CT molecular complexity index is 1050. The fourth-order valence-corrected chi connectivity index (χ4v) is 4.47. The standard InChI is InChI=1S/C18H13Cl2N3O3S/c19-15-4-1-5-16(20)17(15)27(25,26)23-14-8-6-13(7-9-14)22-18(24)12-3-2-10-21-11-12/h1-11,23H,(H,22,24). The van der Waals surface area contributed by atoms with Gasteiger partial charge < -0.3 is 5.32 Å². The SMILES string of the molecule is O=C(Nc1ccc(NS(=O)(=O)c2c(Cl)cccc2Cl)cc1)c1cccnc1. The zero-order valence-corrected chi connectivity index (χ0v) is 16.0. The summed E-state index contributed by atoms with van der Waals surface area (Å²) in [6.07, 6.45) is 3.02. The highest BCUT2D eigenvalue weighted by molar-refractivity contribution is 7.93. The first-order chi connectivity index (χ1) is 12.9. The van der Waals surface area contributed by atoms with Crippen LogP contribution in [0.2, 0.25) is 10.0 Å². The Morgan fingerprint density at radius 3 is 2.11 bits per heavy atom. The van der Waals surface area contributed by atoms with Crippen molar-refractivity contribution >= 4 is 50.5 Å². The summed E-state index contributed by atoms with van der Waals surface area (Å²) in [6, 6.07) is 13.9. The number of hydrogen-bond acceptors (Lipinski definition) is 4. The summed E-state index contributed by atoms with van der Waals surface area (Å²) in [4.78, 5) is 15.8. The second-order valence-electron chi connectivity index (χ2n) is 5.43. The minimum Gasteiger partial charge on any atom is -0.322 e. The molecule has 0 saturated heterocycles. The number of nitrogens with zero attached hydrogens (tertiary/aromatic N) is 1. The lowest BCUT2D eigenvalue weighted by atomic mass is 10.2. The molecule has 0 saturated carbocycles. The summed E-state index contributed by atoms with van der Waals surface area (Å²) >= 11 is 11.9. The van der Waals surface area contributed by atoms with Gasteiger partial charge in [-0.15, -0.1) is 0 Å². The molecule has 0 bridgehead atoms. The molecule has 1 amide bonds. The number of carbonyl (C=O) groups is 1. The van der Waals surface area contributed by atoms with Gasteiger partial charge in [0, 0.05) is 23.8 Å². The van der Waals surface area contributed by atoms with Crippen molar-refractivity contribution in [1.29, 1.82) is 0 Å². The van der Waals surface area contributed by atoms with Gasteiger partial charge in [-0.3, -0.25) is 14.5 Å². The first kappa shape index (κ1) is 19.2. The summed E-state index contributed by atoms with van der Waals surface area (Å²) in [5, 5.41) is 2.75. The largest absolute Gasteiger partial charge is 0.322 e. The minimum absolute atomic E-state index is 0.0235. The number of rotatable bonds is 5. The Kier molecular flexibility index (Phi) is 5.65. The van der Waals surface area contributed by atoms with Crippen LogP contribution in [-0.2, 0) is 10.0 Å². The van der Waals surface area contributed by atoms with Crippen LogP contribution in [0, 0.1) is 0 Å². The van der Waals surface area contributed by atoms with Gasteiger partial charge in [0.15, 0.2) is 0 Å². The van der Waals surface area contributed by atoms with Gasteiger partial charge in [-0.2, -0.15) is 0 Å². The van der Waals surface area contributed by atoms with E-state index in [0.29, 0.717) is 16.9 Å². The third-order valence-electron chi connectivity index (χ3n) is 3.51. The van der Waals surface area contributed by atoms with Crippen molar-refractivity contribution in [2.45, 2.75) is 4.90 Å². The highest BCUT2D eigenvalue weighted by Gasteiger charge is 2.21. The van der Waals surface area contributed by atoms with E-state index < -0.39 is 10.0 Å². The molecule has 1 aromatic heterocycles. The van der Waals surface area contributed by atoms with Crippen LogP contribution in [0.1, 0.15) is 10.4 Å². The fraction of sp³-hybridized carbons (Fsp3) is 0. The monoisotopic (exact) mass is 421 g/mol.